The molecule has 2 heterocycles. The molecule has 1 aliphatic heterocycles. The van der Waals surface area contributed by atoms with Crippen molar-refractivity contribution in [2.45, 2.75) is 13.0 Å². The summed E-state index contributed by atoms with van der Waals surface area (Å²) in [6.07, 6.45) is 3.53. The molecule has 1 aromatic heterocycles. The zero-order chi connectivity index (χ0) is 18.5. The molecule has 0 saturated carbocycles. The molecule has 1 fully saturated rings. The number of hydrogen-bond donors (Lipinski definition) is 1. The Morgan fingerprint density at radius 3 is 2.81 bits per heavy atom. The van der Waals surface area contributed by atoms with Crippen molar-refractivity contribution in [1.29, 1.82) is 0 Å². The summed E-state index contributed by atoms with van der Waals surface area (Å²) in [5.41, 5.74) is 2.08. The van der Waals surface area contributed by atoms with Crippen molar-refractivity contribution < 1.29 is 9.59 Å². The first kappa shape index (κ1) is 18.1. The smallest absolute Gasteiger partial charge is 0.254 e. The summed E-state index contributed by atoms with van der Waals surface area (Å²) in [4.78, 5) is 33.2. The first-order valence-electron chi connectivity index (χ1n) is 8.89. The van der Waals surface area contributed by atoms with E-state index in [9.17, 15) is 9.59 Å². The second kappa shape index (κ2) is 8.10. The van der Waals surface area contributed by atoms with Gasteiger partial charge in [-0.25, -0.2) is 0 Å². The fraction of sp³-hybridized carbons (Fsp3) is 0.350. The van der Waals surface area contributed by atoms with Gasteiger partial charge in [-0.3, -0.25) is 14.6 Å². The zero-order valence-corrected chi connectivity index (χ0v) is 15.2. The molecule has 3 rings (SSSR count). The highest BCUT2D eigenvalue weighted by Crippen LogP contribution is 2.24. The van der Waals surface area contributed by atoms with Crippen LogP contribution in [0.25, 0.3) is 0 Å². The third-order valence-electron chi connectivity index (χ3n) is 4.75. The van der Waals surface area contributed by atoms with Crippen LogP contribution in [0, 0.1) is 0 Å². The summed E-state index contributed by atoms with van der Waals surface area (Å²) in [5, 5.41) is 3.34. The number of pyridine rings is 1. The summed E-state index contributed by atoms with van der Waals surface area (Å²) in [6.45, 7) is 4.60. The predicted octanol–water partition coefficient (Wildman–Crippen LogP) is 1.96. The summed E-state index contributed by atoms with van der Waals surface area (Å²) in [5.74, 6) is -0.138. The second-order valence-corrected chi connectivity index (χ2v) is 6.40. The largest absolute Gasteiger partial charge is 0.342 e. The Morgan fingerprint density at radius 2 is 2.08 bits per heavy atom. The minimum Gasteiger partial charge on any atom is -0.342 e. The summed E-state index contributed by atoms with van der Waals surface area (Å²) in [6, 6.07) is 10.8. The SMILES string of the molecule is CCN(C)C(=O)c1cccc(C(=O)N2CCNCC2c2cccnc2)c1. The van der Waals surface area contributed by atoms with E-state index in [1.54, 1.807) is 48.6 Å². The average molecular weight is 352 g/mol. The van der Waals surface area contributed by atoms with Crippen molar-refractivity contribution in [2.75, 3.05) is 33.2 Å². The maximum absolute atomic E-state index is 13.2. The zero-order valence-electron chi connectivity index (χ0n) is 15.2. The number of rotatable bonds is 4. The lowest BCUT2D eigenvalue weighted by Crippen LogP contribution is -2.48. The van der Waals surface area contributed by atoms with Crippen LogP contribution in [0.15, 0.2) is 48.8 Å². The van der Waals surface area contributed by atoms with Crippen molar-refractivity contribution in [3.8, 4) is 0 Å². The van der Waals surface area contributed by atoms with Gasteiger partial charge in [0, 0.05) is 56.7 Å². The molecule has 0 radical (unpaired) electrons. The van der Waals surface area contributed by atoms with E-state index in [-0.39, 0.29) is 17.9 Å². The highest BCUT2D eigenvalue weighted by Gasteiger charge is 2.29. The molecule has 1 saturated heterocycles. The fourth-order valence-electron chi connectivity index (χ4n) is 3.13. The number of aromatic nitrogens is 1. The van der Waals surface area contributed by atoms with Gasteiger partial charge in [-0.2, -0.15) is 0 Å². The molecule has 0 aliphatic carbocycles. The molecule has 6 nitrogen and oxygen atoms in total. The molecule has 1 aromatic carbocycles. The molecule has 6 heteroatoms. The van der Waals surface area contributed by atoms with Gasteiger partial charge in [0.25, 0.3) is 11.8 Å². The Labute approximate surface area is 153 Å². The van der Waals surface area contributed by atoms with Gasteiger partial charge in [-0.1, -0.05) is 12.1 Å². The molecule has 1 aliphatic rings. The maximum Gasteiger partial charge on any atom is 0.254 e. The highest BCUT2D eigenvalue weighted by molar-refractivity contribution is 5.99. The maximum atomic E-state index is 13.2. The van der Waals surface area contributed by atoms with Gasteiger partial charge < -0.3 is 15.1 Å². The first-order valence-corrected chi connectivity index (χ1v) is 8.89. The number of amides is 2. The van der Waals surface area contributed by atoms with Gasteiger partial charge in [-0.15, -0.1) is 0 Å². The molecular weight excluding hydrogens is 328 g/mol. The summed E-state index contributed by atoms with van der Waals surface area (Å²) >= 11 is 0. The van der Waals surface area contributed by atoms with Gasteiger partial charge in [0.1, 0.15) is 0 Å². The van der Waals surface area contributed by atoms with Crippen LogP contribution >= 0.6 is 0 Å². The van der Waals surface area contributed by atoms with Crippen LogP contribution in [0.4, 0.5) is 0 Å². The van der Waals surface area contributed by atoms with Crippen LogP contribution in [0.2, 0.25) is 0 Å². The van der Waals surface area contributed by atoms with Gasteiger partial charge in [0.05, 0.1) is 6.04 Å². The van der Waals surface area contributed by atoms with E-state index in [0.29, 0.717) is 30.8 Å². The lowest BCUT2D eigenvalue weighted by atomic mass is 10.0. The van der Waals surface area contributed by atoms with Crippen LogP contribution in [0.3, 0.4) is 0 Å². The number of hydrogen-bond acceptors (Lipinski definition) is 4. The quantitative estimate of drug-likeness (QED) is 0.914. The number of benzene rings is 1. The van der Waals surface area contributed by atoms with E-state index in [1.807, 2.05) is 24.0 Å². The van der Waals surface area contributed by atoms with Crippen LogP contribution in [-0.2, 0) is 0 Å². The van der Waals surface area contributed by atoms with E-state index in [2.05, 4.69) is 10.3 Å². The van der Waals surface area contributed by atoms with Gasteiger partial charge in [0.2, 0.25) is 0 Å². The van der Waals surface area contributed by atoms with Crippen molar-refractivity contribution in [1.82, 2.24) is 20.1 Å². The average Bonchev–Trinajstić information content (AvgIpc) is 2.72. The molecule has 0 spiro atoms. The Kier molecular flexibility index (Phi) is 5.63. The normalized spacial score (nSPS) is 17.0. The number of nitrogens with zero attached hydrogens (tertiary/aromatic N) is 3. The van der Waals surface area contributed by atoms with Crippen LogP contribution in [0.5, 0.6) is 0 Å². The van der Waals surface area contributed by atoms with E-state index in [0.717, 1.165) is 12.1 Å². The lowest BCUT2D eigenvalue weighted by molar-refractivity contribution is 0.0634. The third kappa shape index (κ3) is 3.75. The molecule has 1 N–H and O–H groups in total. The van der Waals surface area contributed by atoms with Crippen molar-refractivity contribution in [3.63, 3.8) is 0 Å². The van der Waals surface area contributed by atoms with E-state index in [1.165, 1.54) is 0 Å². The fourth-order valence-corrected chi connectivity index (χ4v) is 3.13. The summed E-state index contributed by atoms with van der Waals surface area (Å²) in [7, 11) is 1.76. The van der Waals surface area contributed by atoms with Crippen LogP contribution in [0.1, 0.15) is 39.2 Å². The predicted molar refractivity (Wildman–Crippen MR) is 100.0 cm³/mol. The first-order chi connectivity index (χ1) is 12.6. The molecule has 26 heavy (non-hydrogen) atoms. The van der Waals surface area contributed by atoms with Crippen LogP contribution < -0.4 is 5.32 Å². The van der Waals surface area contributed by atoms with Crippen LogP contribution in [-0.4, -0.2) is 59.8 Å². The van der Waals surface area contributed by atoms with Crippen molar-refractivity contribution in [3.05, 3.63) is 65.5 Å². The van der Waals surface area contributed by atoms with Crippen molar-refractivity contribution in [2.24, 2.45) is 0 Å². The topological polar surface area (TPSA) is 65.5 Å². The molecule has 0 bridgehead atoms. The van der Waals surface area contributed by atoms with Gasteiger partial charge in [0.15, 0.2) is 0 Å². The van der Waals surface area contributed by atoms with Gasteiger partial charge >= 0.3 is 0 Å². The number of carbonyl (C=O) groups is 2. The van der Waals surface area contributed by atoms with Crippen molar-refractivity contribution >= 4 is 11.8 Å². The summed E-state index contributed by atoms with van der Waals surface area (Å²) < 4.78 is 0. The van der Waals surface area contributed by atoms with Gasteiger partial charge in [-0.05, 0) is 36.8 Å². The van der Waals surface area contributed by atoms with E-state index < -0.39 is 0 Å². The third-order valence-corrected chi connectivity index (χ3v) is 4.75. The minimum absolute atomic E-state index is 0.0610. The monoisotopic (exact) mass is 352 g/mol. The molecule has 1 atom stereocenters. The second-order valence-electron chi connectivity index (χ2n) is 6.40. The standard InChI is InChI=1S/C20H24N4O2/c1-3-23(2)19(25)15-6-4-7-16(12-15)20(26)24-11-10-22-14-18(24)17-8-5-9-21-13-17/h4-9,12-13,18,22H,3,10-11,14H2,1-2H3. The Morgan fingerprint density at radius 1 is 1.27 bits per heavy atom. The molecule has 2 aromatic rings. The Balaban J connectivity index is 1.86. The Bertz CT molecular complexity index is 778. The molecule has 1 unspecified atom stereocenters. The molecule has 136 valence electrons. The molecule has 2 amide bonds. The minimum atomic E-state index is -0.0775. The number of piperazine rings is 1. The lowest BCUT2D eigenvalue weighted by Gasteiger charge is -2.36. The van der Waals surface area contributed by atoms with E-state index in [4.69, 9.17) is 0 Å². The Hall–Kier alpha value is -2.73. The number of carbonyl (C=O) groups excluding carboxylic acids is 2. The molecular formula is C20H24N4O2. The van der Waals surface area contributed by atoms with E-state index >= 15 is 0 Å². The number of nitrogens with one attached hydrogen (secondary N) is 1. The highest BCUT2D eigenvalue weighted by atomic mass is 16.2.